The average Bonchev–Trinajstić information content (AvgIpc) is 2.77. The Morgan fingerprint density at radius 1 is 1.10 bits per heavy atom. The number of nitrogens with two attached hydrogens (primary N) is 1. The molecule has 0 aliphatic carbocycles. The van der Waals surface area contributed by atoms with Crippen molar-refractivity contribution in [3.05, 3.63) is 63.6 Å². The molecular weight excluding hydrogens is 303 g/mol. The summed E-state index contributed by atoms with van der Waals surface area (Å²) >= 11 is 12.2. The maximum absolute atomic E-state index is 6.09. The van der Waals surface area contributed by atoms with Gasteiger partial charge in [-0.2, -0.15) is 0 Å². The van der Waals surface area contributed by atoms with Gasteiger partial charge in [-0.05, 0) is 48.4 Å². The summed E-state index contributed by atoms with van der Waals surface area (Å²) in [6.07, 6.45) is 1.02. The summed E-state index contributed by atoms with van der Waals surface area (Å²) in [7, 11) is 0. The van der Waals surface area contributed by atoms with Gasteiger partial charge in [0.1, 0.15) is 0 Å². The van der Waals surface area contributed by atoms with E-state index < -0.39 is 0 Å². The second-order valence-electron chi connectivity index (χ2n) is 5.49. The zero-order chi connectivity index (χ0) is 14.8. The van der Waals surface area contributed by atoms with E-state index in [-0.39, 0.29) is 0 Å². The lowest BCUT2D eigenvalue weighted by molar-refractivity contribution is 0.644. The number of fused-ring (bicyclic) bond motifs is 1. The quantitative estimate of drug-likeness (QED) is 0.902. The van der Waals surface area contributed by atoms with Crippen LogP contribution in [0.25, 0.3) is 0 Å². The predicted molar refractivity (Wildman–Crippen MR) is 90.4 cm³/mol. The Morgan fingerprint density at radius 2 is 1.81 bits per heavy atom. The molecule has 110 valence electrons. The third-order valence-electron chi connectivity index (χ3n) is 3.97. The van der Waals surface area contributed by atoms with Gasteiger partial charge in [-0.3, -0.25) is 0 Å². The molecule has 2 N–H and O–H groups in total. The third kappa shape index (κ3) is 3.18. The molecule has 2 aromatic rings. The number of benzene rings is 2. The fourth-order valence-electron chi connectivity index (χ4n) is 3.10. The maximum Gasteiger partial charge on any atom is 0.0430 e. The van der Waals surface area contributed by atoms with Gasteiger partial charge in [0.2, 0.25) is 0 Å². The van der Waals surface area contributed by atoms with E-state index in [4.69, 9.17) is 28.9 Å². The summed E-state index contributed by atoms with van der Waals surface area (Å²) in [6, 6.07) is 14.3. The molecule has 2 aromatic carbocycles. The number of nitrogens with zero attached hydrogens (tertiary/aromatic N) is 1. The van der Waals surface area contributed by atoms with Crippen molar-refractivity contribution in [1.29, 1.82) is 0 Å². The van der Waals surface area contributed by atoms with E-state index in [0.717, 1.165) is 31.6 Å². The first-order valence-corrected chi connectivity index (χ1v) is 7.92. The minimum absolute atomic E-state index is 0.515. The standard InChI is InChI=1S/C17H18Cl2N2/c18-14-7-12(8-15(19)9-14)10-21-11-13(5-6-20)16-3-1-2-4-17(16)21/h1-4,7-9,13H,5-6,10-11,20H2. The van der Waals surface area contributed by atoms with Crippen molar-refractivity contribution in [3.63, 3.8) is 0 Å². The van der Waals surface area contributed by atoms with Gasteiger partial charge in [0, 0.05) is 34.7 Å². The van der Waals surface area contributed by atoms with Crippen molar-refractivity contribution in [3.8, 4) is 0 Å². The molecule has 1 aliphatic heterocycles. The minimum Gasteiger partial charge on any atom is -0.366 e. The van der Waals surface area contributed by atoms with Crippen molar-refractivity contribution in [2.75, 3.05) is 18.0 Å². The summed E-state index contributed by atoms with van der Waals surface area (Å²) in [5.41, 5.74) is 9.58. The Labute approximate surface area is 135 Å². The van der Waals surface area contributed by atoms with Gasteiger partial charge in [0.15, 0.2) is 0 Å². The van der Waals surface area contributed by atoms with Gasteiger partial charge in [-0.25, -0.2) is 0 Å². The average molecular weight is 321 g/mol. The molecule has 21 heavy (non-hydrogen) atoms. The fraction of sp³-hybridized carbons (Fsp3) is 0.294. The van der Waals surface area contributed by atoms with Gasteiger partial charge in [-0.1, -0.05) is 41.4 Å². The predicted octanol–water partition coefficient (Wildman–Crippen LogP) is 4.45. The molecular formula is C17H18Cl2N2. The van der Waals surface area contributed by atoms with Crippen LogP contribution >= 0.6 is 23.2 Å². The second-order valence-corrected chi connectivity index (χ2v) is 6.36. The van der Waals surface area contributed by atoms with Crippen molar-refractivity contribution < 1.29 is 0 Å². The first-order chi connectivity index (χ1) is 10.2. The lowest BCUT2D eigenvalue weighted by atomic mass is 9.98. The first-order valence-electron chi connectivity index (χ1n) is 7.16. The van der Waals surface area contributed by atoms with Crippen molar-refractivity contribution >= 4 is 28.9 Å². The highest BCUT2D eigenvalue weighted by Gasteiger charge is 2.27. The molecule has 4 heteroatoms. The molecule has 0 saturated heterocycles. The molecule has 0 fully saturated rings. The number of para-hydroxylation sites is 1. The summed E-state index contributed by atoms with van der Waals surface area (Å²) in [5.74, 6) is 0.515. The van der Waals surface area contributed by atoms with E-state index in [1.165, 1.54) is 11.3 Å². The van der Waals surface area contributed by atoms with Crippen LogP contribution < -0.4 is 10.6 Å². The van der Waals surface area contributed by atoms with E-state index in [1.807, 2.05) is 12.1 Å². The normalized spacial score (nSPS) is 17.1. The van der Waals surface area contributed by atoms with Crippen LogP contribution in [0.4, 0.5) is 5.69 Å². The molecule has 1 heterocycles. The van der Waals surface area contributed by atoms with E-state index in [1.54, 1.807) is 6.07 Å². The SMILES string of the molecule is NCCC1CN(Cc2cc(Cl)cc(Cl)c2)c2ccccc21. The highest BCUT2D eigenvalue weighted by atomic mass is 35.5. The molecule has 0 saturated carbocycles. The zero-order valence-corrected chi connectivity index (χ0v) is 13.2. The van der Waals surface area contributed by atoms with Crippen LogP contribution in [-0.2, 0) is 6.54 Å². The molecule has 0 aromatic heterocycles. The number of halogens is 2. The lowest BCUT2D eigenvalue weighted by Crippen LogP contribution is -2.22. The van der Waals surface area contributed by atoms with Gasteiger partial charge in [-0.15, -0.1) is 0 Å². The number of rotatable bonds is 4. The number of hydrogen-bond acceptors (Lipinski definition) is 2. The van der Waals surface area contributed by atoms with E-state index >= 15 is 0 Å². The molecule has 3 rings (SSSR count). The highest BCUT2D eigenvalue weighted by molar-refractivity contribution is 6.34. The van der Waals surface area contributed by atoms with Gasteiger partial charge < -0.3 is 10.6 Å². The smallest absolute Gasteiger partial charge is 0.0430 e. The van der Waals surface area contributed by atoms with Gasteiger partial charge >= 0.3 is 0 Å². The monoisotopic (exact) mass is 320 g/mol. The molecule has 1 aliphatic rings. The molecule has 2 nitrogen and oxygen atoms in total. The molecule has 1 unspecified atom stereocenters. The number of hydrogen-bond donors (Lipinski definition) is 1. The Bertz CT molecular complexity index is 622. The van der Waals surface area contributed by atoms with Crippen molar-refractivity contribution in [2.45, 2.75) is 18.9 Å². The first kappa shape index (κ1) is 14.7. The van der Waals surface area contributed by atoms with Crippen LogP contribution in [0.15, 0.2) is 42.5 Å². The number of anilines is 1. The highest BCUT2D eigenvalue weighted by Crippen LogP contribution is 2.38. The Balaban J connectivity index is 1.86. The third-order valence-corrected chi connectivity index (χ3v) is 4.41. The molecule has 0 spiro atoms. The molecule has 1 atom stereocenters. The topological polar surface area (TPSA) is 29.3 Å². The van der Waals surface area contributed by atoms with Crippen LogP contribution in [0.2, 0.25) is 10.0 Å². The Hall–Kier alpha value is -1.22. The Kier molecular flexibility index (Phi) is 4.39. The van der Waals surface area contributed by atoms with Crippen LogP contribution in [0, 0.1) is 0 Å². The second kappa shape index (κ2) is 6.27. The van der Waals surface area contributed by atoms with Crippen molar-refractivity contribution in [1.82, 2.24) is 0 Å². The van der Waals surface area contributed by atoms with Crippen LogP contribution in [0.1, 0.15) is 23.5 Å². The maximum atomic E-state index is 6.09. The summed E-state index contributed by atoms with van der Waals surface area (Å²) in [6.45, 7) is 2.54. The van der Waals surface area contributed by atoms with Crippen LogP contribution in [0.5, 0.6) is 0 Å². The summed E-state index contributed by atoms with van der Waals surface area (Å²) < 4.78 is 0. The van der Waals surface area contributed by atoms with E-state index in [2.05, 4.69) is 29.2 Å². The molecule has 0 amide bonds. The van der Waals surface area contributed by atoms with Gasteiger partial charge in [0.25, 0.3) is 0 Å². The summed E-state index contributed by atoms with van der Waals surface area (Å²) in [4.78, 5) is 2.39. The largest absolute Gasteiger partial charge is 0.366 e. The van der Waals surface area contributed by atoms with E-state index in [0.29, 0.717) is 16.0 Å². The zero-order valence-electron chi connectivity index (χ0n) is 11.7. The minimum atomic E-state index is 0.515. The Morgan fingerprint density at radius 3 is 2.52 bits per heavy atom. The van der Waals surface area contributed by atoms with E-state index in [9.17, 15) is 0 Å². The molecule has 0 radical (unpaired) electrons. The molecule has 0 bridgehead atoms. The summed E-state index contributed by atoms with van der Waals surface area (Å²) in [5, 5.41) is 1.37. The lowest BCUT2D eigenvalue weighted by Gasteiger charge is -2.20. The fourth-order valence-corrected chi connectivity index (χ4v) is 3.68. The van der Waals surface area contributed by atoms with Crippen molar-refractivity contribution in [2.24, 2.45) is 5.73 Å². The van der Waals surface area contributed by atoms with Crippen LogP contribution in [0.3, 0.4) is 0 Å². The van der Waals surface area contributed by atoms with Crippen LogP contribution in [-0.4, -0.2) is 13.1 Å². The van der Waals surface area contributed by atoms with Gasteiger partial charge in [0.05, 0.1) is 0 Å².